The van der Waals surface area contributed by atoms with Crippen LogP contribution < -0.4 is 5.32 Å². The molecule has 0 aromatic rings. The van der Waals surface area contributed by atoms with E-state index in [1.165, 1.54) is 18.4 Å². The average Bonchev–Trinajstić information content (AvgIpc) is 2.93. The molecule has 0 bridgehead atoms. The smallest absolute Gasteiger partial charge is 0.249 e. The van der Waals surface area contributed by atoms with Crippen LogP contribution in [0.15, 0.2) is 11.1 Å². The van der Waals surface area contributed by atoms with Gasteiger partial charge in [0.1, 0.15) is 0 Å². The predicted molar refractivity (Wildman–Crippen MR) is 65.1 cm³/mol. The summed E-state index contributed by atoms with van der Waals surface area (Å²) in [5.74, 6) is 1.02. The van der Waals surface area contributed by atoms with Gasteiger partial charge in [0, 0.05) is 31.2 Å². The van der Waals surface area contributed by atoms with Crippen molar-refractivity contribution in [2.75, 3.05) is 19.6 Å². The Labute approximate surface area is 97.9 Å². The summed E-state index contributed by atoms with van der Waals surface area (Å²) in [6, 6.07) is 0.316. The summed E-state index contributed by atoms with van der Waals surface area (Å²) >= 11 is 0. The minimum atomic E-state index is 0.249. The Morgan fingerprint density at radius 2 is 2.06 bits per heavy atom. The Morgan fingerprint density at radius 3 is 2.44 bits per heavy atom. The van der Waals surface area contributed by atoms with Crippen LogP contribution in [-0.2, 0) is 4.79 Å². The van der Waals surface area contributed by atoms with E-state index >= 15 is 0 Å². The molecule has 1 aliphatic carbocycles. The lowest BCUT2D eigenvalue weighted by Crippen LogP contribution is -2.42. The van der Waals surface area contributed by atoms with Gasteiger partial charge in [0.2, 0.25) is 5.91 Å². The average molecular weight is 222 g/mol. The summed E-state index contributed by atoms with van der Waals surface area (Å²) < 4.78 is 0. The van der Waals surface area contributed by atoms with E-state index < -0.39 is 0 Å². The van der Waals surface area contributed by atoms with Crippen LogP contribution in [0.3, 0.4) is 0 Å². The number of nitrogens with one attached hydrogen (secondary N) is 1. The van der Waals surface area contributed by atoms with Crippen molar-refractivity contribution in [3.8, 4) is 0 Å². The van der Waals surface area contributed by atoms with E-state index in [4.69, 9.17) is 0 Å². The molecule has 90 valence electrons. The van der Waals surface area contributed by atoms with Gasteiger partial charge in [0.25, 0.3) is 0 Å². The number of hydrogen-bond acceptors (Lipinski definition) is 2. The molecule has 2 aliphatic rings. The molecule has 0 spiro atoms. The fourth-order valence-corrected chi connectivity index (χ4v) is 1.99. The zero-order chi connectivity index (χ0) is 11.7. The molecular formula is C13H22N2O. The minimum Gasteiger partial charge on any atom is -0.336 e. The second-order valence-electron chi connectivity index (χ2n) is 5.33. The van der Waals surface area contributed by atoms with E-state index in [0.29, 0.717) is 6.04 Å². The molecule has 0 aromatic carbocycles. The van der Waals surface area contributed by atoms with E-state index in [9.17, 15) is 4.79 Å². The second kappa shape index (κ2) is 4.58. The van der Waals surface area contributed by atoms with Crippen molar-refractivity contribution in [1.82, 2.24) is 10.2 Å². The van der Waals surface area contributed by atoms with Crippen LogP contribution in [0.4, 0.5) is 0 Å². The number of hydrogen-bond donors (Lipinski definition) is 1. The summed E-state index contributed by atoms with van der Waals surface area (Å²) in [6.07, 6.45) is 2.60. The van der Waals surface area contributed by atoms with Crippen LogP contribution >= 0.6 is 0 Å². The van der Waals surface area contributed by atoms with Crippen molar-refractivity contribution >= 4 is 5.91 Å². The molecule has 1 aliphatic heterocycles. The molecule has 0 aromatic heterocycles. The Morgan fingerprint density at radius 1 is 1.44 bits per heavy atom. The molecular weight excluding hydrogens is 200 g/mol. The third-order valence-electron chi connectivity index (χ3n) is 3.56. The molecule has 2 fully saturated rings. The minimum absolute atomic E-state index is 0.249. The monoisotopic (exact) mass is 222 g/mol. The lowest BCUT2D eigenvalue weighted by atomic mass is 10.0. The molecule has 3 heteroatoms. The van der Waals surface area contributed by atoms with Crippen LogP contribution in [0, 0.1) is 5.92 Å². The molecule has 0 radical (unpaired) electrons. The number of amides is 1. The van der Waals surface area contributed by atoms with Gasteiger partial charge in [-0.1, -0.05) is 0 Å². The third kappa shape index (κ3) is 2.46. The van der Waals surface area contributed by atoms with Crippen LogP contribution in [0.1, 0.15) is 33.6 Å². The van der Waals surface area contributed by atoms with Crippen molar-refractivity contribution in [3.63, 3.8) is 0 Å². The zero-order valence-corrected chi connectivity index (χ0v) is 10.5. The van der Waals surface area contributed by atoms with E-state index in [-0.39, 0.29) is 5.91 Å². The summed E-state index contributed by atoms with van der Waals surface area (Å²) in [4.78, 5) is 14.4. The normalized spacial score (nSPS) is 19.6. The number of carbonyl (C=O) groups is 1. The highest BCUT2D eigenvalue weighted by Crippen LogP contribution is 2.31. The van der Waals surface area contributed by atoms with E-state index in [2.05, 4.69) is 19.2 Å². The third-order valence-corrected chi connectivity index (χ3v) is 3.56. The van der Waals surface area contributed by atoms with Gasteiger partial charge in [-0.05, 0) is 45.1 Å². The highest BCUT2D eigenvalue weighted by molar-refractivity contribution is 5.94. The molecule has 1 amide bonds. The topological polar surface area (TPSA) is 32.3 Å². The predicted octanol–water partition coefficient (Wildman–Crippen LogP) is 1.55. The SMILES string of the molecule is CC(C(=O)N(CC1CC1)C(C)C)=C1CNC1. The molecule has 0 unspecified atom stereocenters. The quantitative estimate of drug-likeness (QED) is 0.732. The Kier molecular flexibility index (Phi) is 3.33. The summed E-state index contributed by atoms with van der Waals surface area (Å²) in [5, 5.41) is 3.19. The highest BCUT2D eigenvalue weighted by Gasteiger charge is 2.29. The molecule has 1 saturated carbocycles. The molecule has 1 N–H and O–H groups in total. The first-order chi connectivity index (χ1) is 7.59. The number of carbonyl (C=O) groups excluding carboxylic acids is 1. The lowest BCUT2D eigenvalue weighted by molar-refractivity contribution is -0.129. The van der Waals surface area contributed by atoms with Gasteiger partial charge >= 0.3 is 0 Å². The summed E-state index contributed by atoms with van der Waals surface area (Å²) in [7, 11) is 0. The first-order valence-electron chi connectivity index (χ1n) is 6.30. The lowest BCUT2D eigenvalue weighted by Gasteiger charge is -2.30. The van der Waals surface area contributed by atoms with Crippen LogP contribution in [-0.4, -0.2) is 36.5 Å². The highest BCUT2D eigenvalue weighted by atomic mass is 16.2. The van der Waals surface area contributed by atoms with Crippen molar-refractivity contribution in [2.24, 2.45) is 5.92 Å². The van der Waals surface area contributed by atoms with Gasteiger partial charge in [0.05, 0.1) is 0 Å². The van der Waals surface area contributed by atoms with Crippen molar-refractivity contribution in [1.29, 1.82) is 0 Å². The Balaban J connectivity index is 2.03. The van der Waals surface area contributed by atoms with Gasteiger partial charge in [0.15, 0.2) is 0 Å². The van der Waals surface area contributed by atoms with Gasteiger partial charge in [-0.15, -0.1) is 0 Å². The molecule has 3 nitrogen and oxygen atoms in total. The zero-order valence-electron chi connectivity index (χ0n) is 10.5. The standard InChI is InChI=1S/C13H22N2O/c1-9(2)15(8-11-4-5-11)13(16)10(3)12-6-14-7-12/h9,11,14H,4-8H2,1-3H3. The van der Waals surface area contributed by atoms with E-state index in [1.807, 2.05) is 11.8 Å². The van der Waals surface area contributed by atoms with Crippen molar-refractivity contribution in [3.05, 3.63) is 11.1 Å². The maximum absolute atomic E-state index is 12.3. The summed E-state index contributed by atoms with van der Waals surface area (Å²) in [6.45, 7) is 8.93. The van der Waals surface area contributed by atoms with Gasteiger partial charge in [-0.3, -0.25) is 4.79 Å². The summed E-state index contributed by atoms with van der Waals surface area (Å²) in [5.41, 5.74) is 2.25. The maximum Gasteiger partial charge on any atom is 0.249 e. The van der Waals surface area contributed by atoms with Crippen LogP contribution in [0.2, 0.25) is 0 Å². The number of nitrogens with zero attached hydrogens (tertiary/aromatic N) is 1. The largest absolute Gasteiger partial charge is 0.336 e. The van der Waals surface area contributed by atoms with Gasteiger partial charge < -0.3 is 10.2 Å². The molecule has 1 saturated heterocycles. The van der Waals surface area contributed by atoms with Gasteiger partial charge in [-0.25, -0.2) is 0 Å². The fraction of sp³-hybridized carbons (Fsp3) is 0.769. The molecule has 0 atom stereocenters. The molecule has 1 heterocycles. The number of rotatable bonds is 4. The molecule has 2 rings (SSSR count). The van der Waals surface area contributed by atoms with Crippen molar-refractivity contribution in [2.45, 2.75) is 39.7 Å². The first-order valence-corrected chi connectivity index (χ1v) is 6.30. The fourth-order valence-electron chi connectivity index (χ4n) is 1.99. The van der Waals surface area contributed by atoms with E-state index in [0.717, 1.165) is 31.1 Å². The maximum atomic E-state index is 12.3. The Bertz CT molecular complexity index is 310. The van der Waals surface area contributed by atoms with Crippen molar-refractivity contribution < 1.29 is 4.79 Å². The van der Waals surface area contributed by atoms with E-state index in [1.54, 1.807) is 0 Å². The molecule has 16 heavy (non-hydrogen) atoms. The second-order valence-corrected chi connectivity index (χ2v) is 5.33. The van der Waals surface area contributed by atoms with Gasteiger partial charge in [-0.2, -0.15) is 0 Å². The first kappa shape index (κ1) is 11.6. The Hall–Kier alpha value is -0.830. The van der Waals surface area contributed by atoms with Crippen LogP contribution in [0.5, 0.6) is 0 Å². The van der Waals surface area contributed by atoms with Crippen LogP contribution in [0.25, 0.3) is 0 Å².